The van der Waals surface area contributed by atoms with Crippen molar-refractivity contribution in [1.82, 2.24) is 10.2 Å². The summed E-state index contributed by atoms with van der Waals surface area (Å²) < 4.78 is 51.4. The van der Waals surface area contributed by atoms with E-state index in [4.69, 9.17) is 22.8 Å². The number of amides is 2. The maximum Gasteiger partial charge on any atom is 0.412 e. The molecule has 0 radical (unpaired) electrons. The lowest BCUT2D eigenvalue weighted by atomic mass is 10.1. The summed E-state index contributed by atoms with van der Waals surface area (Å²) in [5, 5.41) is 13.0. The number of hydrogen-bond donors (Lipinski definition) is 2. The van der Waals surface area contributed by atoms with Gasteiger partial charge in [0.15, 0.2) is 0 Å². The fourth-order valence-corrected chi connectivity index (χ4v) is 9.62. The first-order valence-electron chi connectivity index (χ1n) is 20.5. The molecule has 0 saturated carbocycles. The number of nitrogens with one attached hydrogen (secondary N) is 1. The number of unbranched alkanes of at least 4 members (excludes halogenated alkanes) is 9. The number of likely N-dealkylation sites (tertiary alicyclic amines) is 1. The van der Waals surface area contributed by atoms with Crippen LogP contribution in [0.2, 0.25) is 0 Å². The Bertz CT molecular complexity index is 1340. The van der Waals surface area contributed by atoms with Crippen LogP contribution < -0.4 is 10.1 Å². The van der Waals surface area contributed by atoms with E-state index >= 15 is 0 Å². The number of aryl methyl sites for hydroxylation is 2. The van der Waals surface area contributed by atoms with Gasteiger partial charge in [0.1, 0.15) is 5.75 Å². The summed E-state index contributed by atoms with van der Waals surface area (Å²) in [7, 11) is -0.987. The van der Waals surface area contributed by atoms with E-state index in [1.54, 1.807) is 4.90 Å². The standard InChI is InChI=1S/C35H62N2O10P2S2.C5H12/c1-28-18-19-29(2)34(30(28)3)47-35(40)36-20-12-9-11-17-33(39)37-26-32(38)25-31(37)27-46-49(6,42)45-22-13-7-8-15-23-50-51-24-16-10-14-21-44-48(5,41)43-4;1-3-5-4-2/h18-19,31-32,38H,7-17,20-27H2,1-6H3,(H,36,40);3-5H2,1-2H3/t31-,32?,48?,49?;/m0./s1. The number of carbonyl (C=O) groups excluding carboxylic acids is 2. The lowest BCUT2D eigenvalue weighted by Crippen LogP contribution is -2.38. The third kappa shape index (κ3) is 24.8. The van der Waals surface area contributed by atoms with Crippen LogP contribution in [-0.4, -0.2) is 99.0 Å². The second-order valence-electron chi connectivity index (χ2n) is 14.5. The van der Waals surface area contributed by atoms with Crippen LogP contribution >= 0.6 is 36.8 Å². The maximum absolute atomic E-state index is 13.0. The molecule has 1 aromatic rings. The number of β-amino-alcohol motifs (C(OH)–C–C–N with tert-alkyl or cyclic N) is 1. The molecule has 326 valence electrons. The number of ether oxygens (including phenoxy) is 1. The van der Waals surface area contributed by atoms with Crippen LogP contribution in [0.1, 0.15) is 127 Å². The summed E-state index contributed by atoms with van der Waals surface area (Å²) in [5.41, 5.74) is 2.91. The highest BCUT2D eigenvalue weighted by molar-refractivity contribution is 8.76. The Kier molecular flexibility index (Phi) is 29.2. The lowest BCUT2D eigenvalue weighted by Gasteiger charge is -2.25. The average molecular weight is 869 g/mol. The van der Waals surface area contributed by atoms with Gasteiger partial charge in [-0.05, 0) is 82.4 Å². The molecule has 12 nitrogen and oxygen atoms in total. The molecule has 0 bridgehead atoms. The summed E-state index contributed by atoms with van der Waals surface area (Å²) >= 11 is 0. The SMILES string of the molecule is CCCCC.COP(C)(=O)OCCCCCSSCCCCCCOP(C)(=O)OC[C@@H]1CC(O)CN1C(=O)CCCCCNC(=O)Oc1c(C)ccc(C)c1C. The first kappa shape index (κ1) is 52.9. The van der Waals surface area contributed by atoms with Gasteiger partial charge in [-0.3, -0.25) is 13.9 Å². The highest BCUT2D eigenvalue weighted by Crippen LogP contribution is 2.45. The Morgan fingerprint density at radius 1 is 0.804 bits per heavy atom. The van der Waals surface area contributed by atoms with Gasteiger partial charge in [0, 0.05) is 51.5 Å². The minimum Gasteiger partial charge on any atom is -0.410 e. The number of carbonyl (C=O) groups is 2. The van der Waals surface area contributed by atoms with Gasteiger partial charge in [-0.15, -0.1) is 0 Å². The molecule has 2 rings (SSSR count). The van der Waals surface area contributed by atoms with Crippen molar-refractivity contribution < 1.29 is 46.7 Å². The van der Waals surface area contributed by atoms with Crippen LogP contribution in [0.4, 0.5) is 4.79 Å². The summed E-state index contributed by atoms with van der Waals surface area (Å²) in [5.74, 6) is 2.68. The van der Waals surface area contributed by atoms with Crippen molar-refractivity contribution in [1.29, 1.82) is 0 Å². The van der Waals surface area contributed by atoms with Gasteiger partial charge in [-0.1, -0.05) is 92.5 Å². The summed E-state index contributed by atoms with van der Waals surface area (Å²) in [4.78, 5) is 26.9. The lowest BCUT2D eigenvalue weighted by molar-refractivity contribution is -0.133. The highest BCUT2D eigenvalue weighted by Gasteiger charge is 2.35. The Morgan fingerprint density at radius 3 is 1.98 bits per heavy atom. The largest absolute Gasteiger partial charge is 0.412 e. The van der Waals surface area contributed by atoms with E-state index in [1.165, 1.54) is 39.7 Å². The first-order valence-corrected chi connectivity index (χ1v) is 27.0. The number of aliphatic hydroxyl groups excluding tert-OH is 1. The Labute approximate surface area is 346 Å². The van der Waals surface area contributed by atoms with Gasteiger partial charge in [-0.2, -0.15) is 0 Å². The molecule has 2 amide bonds. The molecule has 1 aromatic carbocycles. The Hall–Kier alpha value is -1.08. The molecule has 0 aliphatic carbocycles. The van der Waals surface area contributed by atoms with E-state index < -0.39 is 27.4 Å². The second kappa shape index (κ2) is 30.9. The molecule has 56 heavy (non-hydrogen) atoms. The van der Waals surface area contributed by atoms with Crippen molar-refractivity contribution in [3.8, 4) is 5.75 Å². The zero-order chi connectivity index (χ0) is 41.8. The molecule has 3 unspecified atom stereocenters. The van der Waals surface area contributed by atoms with Crippen LogP contribution in [0.25, 0.3) is 0 Å². The van der Waals surface area contributed by atoms with Crippen LogP contribution in [0, 0.1) is 20.8 Å². The Balaban J connectivity index is 0.00000293. The zero-order valence-corrected chi connectivity index (χ0v) is 39.1. The van der Waals surface area contributed by atoms with E-state index in [2.05, 4.69) is 19.2 Å². The van der Waals surface area contributed by atoms with Gasteiger partial charge in [-0.25, -0.2) is 4.79 Å². The van der Waals surface area contributed by atoms with Crippen molar-refractivity contribution in [2.24, 2.45) is 0 Å². The minimum atomic E-state index is -3.29. The van der Waals surface area contributed by atoms with Gasteiger partial charge < -0.3 is 38.2 Å². The quantitative estimate of drug-likeness (QED) is 0.0448. The van der Waals surface area contributed by atoms with E-state index in [0.717, 1.165) is 79.6 Å². The van der Waals surface area contributed by atoms with Crippen LogP contribution in [0.3, 0.4) is 0 Å². The maximum atomic E-state index is 13.0. The molecule has 1 saturated heterocycles. The summed E-state index contributed by atoms with van der Waals surface area (Å²) in [6.45, 7) is 14.7. The third-order valence-corrected chi connectivity index (χ3v) is 14.5. The number of aliphatic hydroxyl groups is 1. The number of rotatable bonds is 29. The summed E-state index contributed by atoms with van der Waals surface area (Å²) in [6.07, 6.45) is 12.7. The predicted octanol–water partition coefficient (Wildman–Crippen LogP) is 10.9. The van der Waals surface area contributed by atoms with Crippen molar-refractivity contribution in [3.05, 3.63) is 28.8 Å². The summed E-state index contributed by atoms with van der Waals surface area (Å²) in [6, 6.07) is 3.58. The number of hydrogen-bond acceptors (Lipinski definition) is 12. The molecule has 4 atom stereocenters. The fourth-order valence-electron chi connectivity index (χ4n) is 5.78. The second-order valence-corrected chi connectivity index (χ2v) is 21.5. The third-order valence-electron chi connectivity index (χ3n) is 9.39. The fraction of sp³-hybridized carbons (Fsp3) is 0.800. The van der Waals surface area contributed by atoms with E-state index in [-0.39, 0.29) is 25.1 Å². The van der Waals surface area contributed by atoms with Gasteiger partial charge in [0.25, 0.3) is 0 Å². The molecule has 1 aliphatic heterocycles. The number of nitrogens with zero attached hydrogens (tertiary/aromatic N) is 1. The molecular weight excluding hydrogens is 795 g/mol. The molecule has 1 heterocycles. The molecule has 0 aromatic heterocycles. The topological polar surface area (TPSA) is 150 Å². The molecule has 16 heteroatoms. The predicted molar refractivity (Wildman–Crippen MR) is 234 cm³/mol. The normalized spacial score (nSPS) is 17.5. The average Bonchev–Trinajstić information content (AvgIpc) is 3.54. The molecule has 1 fully saturated rings. The minimum absolute atomic E-state index is 0.0554. The van der Waals surface area contributed by atoms with E-state index in [1.807, 2.05) is 54.5 Å². The van der Waals surface area contributed by atoms with Crippen LogP contribution in [-0.2, 0) is 32.0 Å². The van der Waals surface area contributed by atoms with E-state index in [0.29, 0.717) is 51.2 Å². The van der Waals surface area contributed by atoms with Crippen LogP contribution in [0.15, 0.2) is 12.1 Å². The Morgan fingerprint density at radius 2 is 1.38 bits per heavy atom. The van der Waals surface area contributed by atoms with Gasteiger partial charge in [0.2, 0.25) is 5.91 Å². The van der Waals surface area contributed by atoms with Crippen molar-refractivity contribution in [3.63, 3.8) is 0 Å². The molecule has 1 aliphatic rings. The van der Waals surface area contributed by atoms with E-state index in [9.17, 15) is 23.8 Å². The van der Waals surface area contributed by atoms with Gasteiger partial charge >= 0.3 is 21.3 Å². The molecule has 2 N–H and O–H groups in total. The molecule has 0 spiro atoms. The smallest absolute Gasteiger partial charge is 0.410 e. The van der Waals surface area contributed by atoms with Gasteiger partial charge in [0.05, 0.1) is 32.0 Å². The zero-order valence-electron chi connectivity index (χ0n) is 35.6. The highest BCUT2D eigenvalue weighted by atomic mass is 33.1. The van der Waals surface area contributed by atoms with Crippen molar-refractivity contribution >= 4 is 48.8 Å². The number of benzene rings is 1. The first-order chi connectivity index (χ1) is 26.7. The molecular formula is C40H74N2O10P2S2. The van der Waals surface area contributed by atoms with Crippen LogP contribution in [0.5, 0.6) is 5.75 Å². The van der Waals surface area contributed by atoms with Crippen molar-refractivity contribution in [2.75, 3.05) is 64.9 Å². The van der Waals surface area contributed by atoms with Crippen molar-refractivity contribution in [2.45, 2.75) is 143 Å². The monoisotopic (exact) mass is 868 g/mol.